The summed E-state index contributed by atoms with van der Waals surface area (Å²) in [7, 11) is 0. The van der Waals surface area contributed by atoms with E-state index in [9.17, 15) is 0 Å². The molecule has 1 aromatic rings. The molecule has 0 radical (unpaired) electrons. The summed E-state index contributed by atoms with van der Waals surface area (Å²) in [5.74, 6) is 0. The number of hydrogen-bond acceptors (Lipinski definition) is 0. The van der Waals surface area contributed by atoms with Crippen molar-refractivity contribution in [3.8, 4) is 0 Å². The molecule has 0 spiro atoms. The van der Waals surface area contributed by atoms with Crippen LogP contribution in [0, 0.1) is 13.8 Å². The van der Waals surface area contributed by atoms with E-state index >= 15 is 0 Å². The molecule has 0 N–H and O–H groups in total. The molecule has 0 fully saturated rings. The van der Waals surface area contributed by atoms with Gasteiger partial charge in [-0.3, -0.25) is 0 Å². The summed E-state index contributed by atoms with van der Waals surface area (Å²) >= 11 is 0. The summed E-state index contributed by atoms with van der Waals surface area (Å²) in [6, 6.07) is 8.42. The molecule has 0 amide bonds. The van der Waals surface area contributed by atoms with Crippen molar-refractivity contribution < 1.29 is 17.0 Å². The van der Waals surface area contributed by atoms with Gasteiger partial charge < -0.3 is 23.9 Å². The van der Waals surface area contributed by atoms with Crippen LogP contribution in [0.2, 0.25) is 0 Å². The fourth-order valence-electron chi connectivity index (χ4n) is 0.868. The van der Waals surface area contributed by atoms with Crippen LogP contribution in [0.1, 0.15) is 11.1 Å². The molecular formula is C9H11BrMg. The van der Waals surface area contributed by atoms with E-state index < -0.39 is 0 Å². The molecule has 11 heavy (non-hydrogen) atoms. The van der Waals surface area contributed by atoms with Gasteiger partial charge in [0.1, 0.15) is 0 Å². The van der Waals surface area contributed by atoms with Crippen LogP contribution in [-0.4, -0.2) is 23.1 Å². The minimum absolute atomic E-state index is 0. The van der Waals surface area contributed by atoms with Gasteiger partial charge in [-0.15, -0.1) is 0 Å². The fraction of sp³-hybridized carbons (Fsp3) is 0.222. The summed E-state index contributed by atoms with van der Waals surface area (Å²) in [5.41, 5.74) is 2.63. The van der Waals surface area contributed by atoms with Gasteiger partial charge >= 0.3 is 23.1 Å². The van der Waals surface area contributed by atoms with Crippen molar-refractivity contribution >= 4 is 23.1 Å². The van der Waals surface area contributed by atoms with Crippen LogP contribution in [0.25, 0.3) is 0 Å². The van der Waals surface area contributed by atoms with Crippen molar-refractivity contribution in [1.82, 2.24) is 0 Å². The smallest absolute Gasteiger partial charge is 1.00 e. The molecule has 0 nitrogen and oxygen atoms in total. The molecule has 0 heterocycles. The number of hydrogen-bond donors (Lipinski definition) is 0. The molecule has 1 rings (SSSR count). The van der Waals surface area contributed by atoms with Crippen LogP contribution in [0.5, 0.6) is 0 Å². The van der Waals surface area contributed by atoms with Crippen LogP contribution in [-0.2, 0) is 6.42 Å². The second-order valence-corrected chi connectivity index (χ2v) is 2.24. The zero-order chi connectivity index (χ0) is 6.69. The number of aryl methyl sites for hydroxylation is 1. The summed E-state index contributed by atoms with van der Waals surface area (Å²) in [6.07, 6.45) is 0.891. The van der Waals surface area contributed by atoms with Crippen molar-refractivity contribution in [2.24, 2.45) is 0 Å². The molecule has 1 aromatic carbocycles. The average Bonchev–Trinajstić information content (AvgIpc) is 1.88. The third-order valence-corrected chi connectivity index (χ3v) is 1.37. The monoisotopic (exact) mass is 222 g/mol. The first-order valence-electron chi connectivity index (χ1n) is 3.17. The van der Waals surface area contributed by atoms with Crippen molar-refractivity contribution in [3.63, 3.8) is 0 Å². The van der Waals surface area contributed by atoms with E-state index in [4.69, 9.17) is 0 Å². The third kappa shape index (κ3) is 4.83. The SMILES string of the molecule is [Br-].[CH2-]Cc1cccc(C)c1.[Mg+2]. The van der Waals surface area contributed by atoms with E-state index in [2.05, 4.69) is 38.1 Å². The predicted molar refractivity (Wildman–Crippen MR) is 46.0 cm³/mol. The molecule has 0 unspecified atom stereocenters. The Morgan fingerprint density at radius 3 is 2.36 bits per heavy atom. The van der Waals surface area contributed by atoms with Gasteiger partial charge in [0, 0.05) is 0 Å². The molecule has 2 heteroatoms. The van der Waals surface area contributed by atoms with Crippen LogP contribution in [0.3, 0.4) is 0 Å². The molecule has 56 valence electrons. The quantitative estimate of drug-likeness (QED) is 0.423. The van der Waals surface area contributed by atoms with Gasteiger partial charge in [-0.1, -0.05) is 35.4 Å². The van der Waals surface area contributed by atoms with Crippen molar-refractivity contribution in [3.05, 3.63) is 42.3 Å². The third-order valence-electron chi connectivity index (χ3n) is 1.37. The Labute approximate surface area is 95.3 Å². The Balaban J connectivity index is 0. The Morgan fingerprint density at radius 2 is 2.00 bits per heavy atom. The maximum absolute atomic E-state index is 3.80. The fourth-order valence-corrected chi connectivity index (χ4v) is 0.868. The Morgan fingerprint density at radius 1 is 1.36 bits per heavy atom. The van der Waals surface area contributed by atoms with E-state index in [0.29, 0.717) is 0 Å². The van der Waals surface area contributed by atoms with Crippen molar-refractivity contribution in [2.45, 2.75) is 13.3 Å². The minimum Gasteiger partial charge on any atom is -1.00 e. The maximum atomic E-state index is 3.80. The number of halogens is 1. The molecule has 0 atom stereocenters. The molecule has 0 aliphatic heterocycles. The summed E-state index contributed by atoms with van der Waals surface area (Å²) in [6.45, 7) is 5.89. The first-order valence-corrected chi connectivity index (χ1v) is 3.17. The first kappa shape index (κ1) is 14.0. The molecule has 0 saturated heterocycles. The number of benzene rings is 1. The van der Waals surface area contributed by atoms with Gasteiger partial charge in [-0.2, -0.15) is 6.42 Å². The first-order chi connectivity index (χ1) is 4.33. The van der Waals surface area contributed by atoms with Crippen LogP contribution in [0.4, 0.5) is 0 Å². The van der Waals surface area contributed by atoms with E-state index in [1.165, 1.54) is 11.1 Å². The van der Waals surface area contributed by atoms with Gasteiger partial charge in [-0.25, -0.2) is 0 Å². The van der Waals surface area contributed by atoms with E-state index in [1.807, 2.05) is 0 Å². The van der Waals surface area contributed by atoms with E-state index in [-0.39, 0.29) is 40.0 Å². The van der Waals surface area contributed by atoms with Crippen LogP contribution in [0.15, 0.2) is 24.3 Å². The Kier molecular flexibility index (Phi) is 9.09. The zero-order valence-electron chi connectivity index (χ0n) is 6.81. The van der Waals surface area contributed by atoms with E-state index in [0.717, 1.165) is 6.42 Å². The Hall–Kier alpha value is 0.466. The van der Waals surface area contributed by atoms with Gasteiger partial charge in [-0.05, 0) is 6.92 Å². The van der Waals surface area contributed by atoms with Crippen LogP contribution >= 0.6 is 0 Å². The largest absolute Gasteiger partial charge is 2.00 e. The maximum Gasteiger partial charge on any atom is 2.00 e. The Bertz CT molecular complexity index is 199. The summed E-state index contributed by atoms with van der Waals surface area (Å²) < 4.78 is 0. The molecule has 0 aliphatic rings. The zero-order valence-corrected chi connectivity index (χ0v) is 9.81. The van der Waals surface area contributed by atoms with E-state index in [1.54, 1.807) is 0 Å². The van der Waals surface area contributed by atoms with Crippen molar-refractivity contribution in [1.29, 1.82) is 0 Å². The standard InChI is InChI=1S/C9H11.BrH.Mg/c1-3-9-6-4-5-8(2)7-9;;/h4-7H,1,3H2,2H3;1H;/q-1;;+2/p-1. The van der Waals surface area contributed by atoms with Gasteiger partial charge in [0.05, 0.1) is 0 Å². The summed E-state index contributed by atoms with van der Waals surface area (Å²) in [5, 5.41) is 0. The van der Waals surface area contributed by atoms with Gasteiger partial charge in [0.15, 0.2) is 0 Å². The second kappa shape index (κ2) is 7.13. The molecule has 0 aromatic heterocycles. The minimum atomic E-state index is 0. The summed E-state index contributed by atoms with van der Waals surface area (Å²) in [4.78, 5) is 0. The number of rotatable bonds is 1. The van der Waals surface area contributed by atoms with Gasteiger partial charge in [0.25, 0.3) is 0 Å². The van der Waals surface area contributed by atoms with Gasteiger partial charge in [0.2, 0.25) is 0 Å². The average molecular weight is 223 g/mol. The molecule has 0 saturated carbocycles. The second-order valence-electron chi connectivity index (χ2n) is 2.24. The predicted octanol–water partition coefficient (Wildman–Crippen LogP) is -1.01. The molecule has 0 aliphatic carbocycles. The topological polar surface area (TPSA) is 0 Å². The molecule has 0 bridgehead atoms. The molecular weight excluding hydrogens is 212 g/mol. The normalized spacial score (nSPS) is 7.82. The van der Waals surface area contributed by atoms with Crippen LogP contribution < -0.4 is 17.0 Å². The van der Waals surface area contributed by atoms with Crippen molar-refractivity contribution in [2.75, 3.05) is 0 Å².